The van der Waals surface area contributed by atoms with Crippen LogP contribution in [0, 0.1) is 11.8 Å². The first kappa shape index (κ1) is 24.4. The lowest BCUT2D eigenvalue weighted by atomic mass is 10.1. The van der Waals surface area contributed by atoms with Crippen LogP contribution in [0.25, 0.3) is 0 Å². The van der Waals surface area contributed by atoms with E-state index in [1.807, 2.05) is 0 Å². The van der Waals surface area contributed by atoms with Crippen molar-refractivity contribution in [2.75, 3.05) is 11.4 Å². The fourth-order valence-electron chi connectivity index (χ4n) is 2.83. The van der Waals surface area contributed by atoms with E-state index in [-0.39, 0.29) is 33.8 Å². The number of pyridine rings is 1. The Morgan fingerprint density at radius 2 is 1.79 bits per heavy atom. The minimum absolute atomic E-state index is 0.00272. The largest absolute Gasteiger partial charge is 0.573 e. The van der Waals surface area contributed by atoms with Gasteiger partial charge >= 0.3 is 12.3 Å². The molecule has 34 heavy (non-hydrogen) atoms. The molecule has 0 unspecified atom stereocenters. The number of benzene rings is 2. The van der Waals surface area contributed by atoms with E-state index >= 15 is 0 Å². The number of alkyl halides is 3. The number of carboxylic acid groups (broad SMARTS) is 1. The standard InChI is InChI=1S/C22H15F3N2O6S/c1-32-20-11-16(21(28)29)7-8-19(20)27(34(30)31)17-9-15(12-26-13-17)6-5-14-3-2-4-18(10-14)33-22(23,24)25/h2-4,7-13,34H,1H3,(H,28,29). The van der Waals surface area contributed by atoms with Gasteiger partial charge in [0.25, 0.3) is 0 Å². The van der Waals surface area contributed by atoms with Gasteiger partial charge in [0.2, 0.25) is 10.9 Å². The molecule has 0 saturated carbocycles. The van der Waals surface area contributed by atoms with Crippen molar-refractivity contribution >= 4 is 28.2 Å². The molecule has 0 fully saturated rings. The van der Waals surface area contributed by atoms with Crippen LogP contribution in [0.5, 0.6) is 11.5 Å². The van der Waals surface area contributed by atoms with E-state index in [1.165, 1.54) is 55.9 Å². The quantitative estimate of drug-likeness (QED) is 0.399. The summed E-state index contributed by atoms with van der Waals surface area (Å²) in [4.78, 5) is 15.2. The Hall–Kier alpha value is -4.24. The molecular weight excluding hydrogens is 477 g/mol. The first-order chi connectivity index (χ1) is 16.1. The molecule has 0 radical (unpaired) electrons. The maximum absolute atomic E-state index is 12.4. The van der Waals surface area contributed by atoms with E-state index < -0.39 is 29.0 Å². The van der Waals surface area contributed by atoms with E-state index in [2.05, 4.69) is 21.6 Å². The molecule has 3 aromatic rings. The summed E-state index contributed by atoms with van der Waals surface area (Å²) >= 11 is 0. The Morgan fingerprint density at radius 1 is 1.06 bits per heavy atom. The lowest BCUT2D eigenvalue weighted by Gasteiger charge is -2.20. The Morgan fingerprint density at radius 3 is 2.44 bits per heavy atom. The summed E-state index contributed by atoms with van der Waals surface area (Å²) in [5, 5.41) is 9.15. The molecule has 0 amide bonds. The van der Waals surface area contributed by atoms with Crippen molar-refractivity contribution in [3.63, 3.8) is 0 Å². The summed E-state index contributed by atoms with van der Waals surface area (Å²) in [7, 11) is -1.99. The van der Waals surface area contributed by atoms with Gasteiger partial charge in [-0.05, 0) is 42.5 Å². The molecule has 0 atom stereocenters. The van der Waals surface area contributed by atoms with Crippen LogP contribution in [-0.2, 0) is 10.9 Å². The van der Waals surface area contributed by atoms with Crippen molar-refractivity contribution in [3.8, 4) is 23.3 Å². The molecule has 1 aromatic heterocycles. The number of thiol groups is 1. The molecule has 2 aromatic carbocycles. The van der Waals surface area contributed by atoms with Gasteiger partial charge < -0.3 is 14.6 Å². The zero-order valence-electron chi connectivity index (χ0n) is 17.2. The summed E-state index contributed by atoms with van der Waals surface area (Å²) < 4.78 is 71.2. The van der Waals surface area contributed by atoms with Gasteiger partial charge in [-0.1, -0.05) is 17.9 Å². The maximum atomic E-state index is 12.4. The van der Waals surface area contributed by atoms with Crippen LogP contribution in [0.1, 0.15) is 21.5 Å². The number of rotatable bonds is 6. The molecule has 8 nitrogen and oxygen atoms in total. The van der Waals surface area contributed by atoms with Crippen LogP contribution in [0.3, 0.4) is 0 Å². The average Bonchev–Trinajstić information content (AvgIpc) is 2.77. The number of carboxylic acids is 1. The third-order valence-corrected chi connectivity index (χ3v) is 4.98. The molecule has 0 aliphatic rings. The van der Waals surface area contributed by atoms with E-state index in [4.69, 9.17) is 9.84 Å². The van der Waals surface area contributed by atoms with Crippen molar-refractivity contribution in [2.45, 2.75) is 6.36 Å². The van der Waals surface area contributed by atoms with Gasteiger partial charge in [-0.3, -0.25) is 4.98 Å². The normalized spacial score (nSPS) is 10.9. The van der Waals surface area contributed by atoms with Gasteiger partial charge in [0, 0.05) is 17.3 Å². The summed E-state index contributed by atoms with van der Waals surface area (Å²) in [5.74, 6) is 3.72. The number of anilines is 2. The average molecular weight is 492 g/mol. The van der Waals surface area contributed by atoms with Gasteiger partial charge in [0.1, 0.15) is 11.5 Å². The van der Waals surface area contributed by atoms with Crippen LogP contribution >= 0.6 is 0 Å². The molecule has 3 rings (SSSR count). The zero-order chi connectivity index (χ0) is 24.9. The number of aromatic nitrogens is 1. The number of ether oxygens (including phenoxy) is 2. The Kier molecular flexibility index (Phi) is 7.28. The number of nitrogens with zero attached hydrogens (tertiary/aromatic N) is 2. The summed E-state index contributed by atoms with van der Waals surface area (Å²) in [5.41, 5.74) is 0.523. The molecule has 0 spiro atoms. The van der Waals surface area contributed by atoms with Crippen LogP contribution in [0.4, 0.5) is 24.5 Å². The molecule has 0 bridgehead atoms. The SMILES string of the molecule is COc1cc(C(=O)O)ccc1N(c1cncc(C#Cc2cccc(OC(F)(F)F)c2)c1)[SH](=O)=O. The topological polar surface area (TPSA) is 106 Å². The van der Waals surface area contributed by atoms with Gasteiger partial charge in [-0.2, -0.15) is 0 Å². The maximum Gasteiger partial charge on any atom is 0.573 e. The molecule has 1 N–H and O–H groups in total. The van der Waals surface area contributed by atoms with Crippen molar-refractivity contribution in [1.29, 1.82) is 0 Å². The van der Waals surface area contributed by atoms with Crippen molar-refractivity contribution in [2.24, 2.45) is 0 Å². The summed E-state index contributed by atoms with van der Waals surface area (Å²) in [6, 6.07) is 10.1. The van der Waals surface area contributed by atoms with Gasteiger partial charge in [0.15, 0.2) is 0 Å². The third-order valence-electron chi connectivity index (χ3n) is 4.21. The second-order valence-corrected chi connectivity index (χ2v) is 7.37. The highest BCUT2D eigenvalue weighted by Gasteiger charge is 2.31. The number of hydrogen-bond acceptors (Lipinski definition) is 6. The number of methoxy groups -OCH3 is 1. The fourth-order valence-corrected chi connectivity index (χ4v) is 3.47. The Balaban J connectivity index is 1.96. The molecular formula is C22H15F3N2O6S. The minimum atomic E-state index is -4.84. The molecule has 1 heterocycles. The lowest BCUT2D eigenvalue weighted by molar-refractivity contribution is -0.274. The number of halogens is 3. The summed E-state index contributed by atoms with van der Waals surface area (Å²) in [6.45, 7) is 0. The first-order valence-electron chi connectivity index (χ1n) is 9.26. The highest BCUT2D eigenvalue weighted by Crippen LogP contribution is 2.35. The molecule has 0 saturated heterocycles. The number of hydrogen-bond donors (Lipinski definition) is 2. The molecule has 176 valence electrons. The first-order valence-corrected chi connectivity index (χ1v) is 10.4. The second kappa shape index (κ2) is 10.1. The zero-order valence-corrected chi connectivity index (χ0v) is 18.1. The predicted molar refractivity (Wildman–Crippen MR) is 116 cm³/mol. The van der Waals surface area contributed by atoms with Crippen LogP contribution in [-0.4, -0.2) is 37.9 Å². The Bertz CT molecular complexity index is 1350. The fraction of sp³-hybridized carbons (Fsp3) is 0.0909. The van der Waals surface area contributed by atoms with E-state index in [0.717, 1.165) is 16.4 Å². The highest BCUT2D eigenvalue weighted by molar-refractivity contribution is 7.74. The van der Waals surface area contributed by atoms with Crippen LogP contribution < -0.4 is 13.8 Å². The van der Waals surface area contributed by atoms with Crippen molar-refractivity contribution in [3.05, 3.63) is 77.6 Å². The molecule has 0 aliphatic heterocycles. The molecule has 12 heteroatoms. The monoisotopic (exact) mass is 492 g/mol. The number of carbonyl (C=O) groups is 1. The van der Waals surface area contributed by atoms with Crippen LogP contribution in [0.15, 0.2) is 60.9 Å². The highest BCUT2D eigenvalue weighted by atomic mass is 32.2. The predicted octanol–water partition coefficient (Wildman–Crippen LogP) is 3.75. The van der Waals surface area contributed by atoms with Gasteiger partial charge in [-0.25, -0.2) is 17.5 Å². The minimum Gasteiger partial charge on any atom is -0.495 e. The lowest BCUT2D eigenvalue weighted by Crippen LogP contribution is -2.17. The summed E-state index contributed by atoms with van der Waals surface area (Å²) in [6.07, 6.45) is -2.25. The molecule has 0 aliphatic carbocycles. The Labute approximate surface area is 193 Å². The number of aromatic carboxylic acids is 1. The van der Waals surface area contributed by atoms with E-state index in [0.29, 0.717) is 0 Å². The van der Waals surface area contributed by atoms with E-state index in [9.17, 15) is 26.4 Å². The smallest absolute Gasteiger partial charge is 0.495 e. The van der Waals surface area contributed by atoms with Crippen LogP contribution in [0.2, 0.25) is 0 Å². The van der Waals surface area contributed by atoms with Crippen molar-refractivity contribution in [1.82, 2.24) is 4.98 Å². The van der Waals surface area contributed by atoms with Gasteiger partial charge in [-0.15, -0.1) is 13.2 Å². The third kappa shape index (κ3) is 6.17. The van der Waals surface area contributed by atoms with Gasteiger partial charge in [0.05, 0.1) is 30.2 Å². The second-order valence-electron chi connectivity index (χ2n) is 6.50. The van der Waals surface area contributed by atoms with Crippen molar-refractivity contribution < 1.29 is 41.0 Å². The van der Waals surface area contributed by atoms with E-state index in [1.54, 1.807) is 0 Å².